The molecule has 0 saturated carbocycles. The summed E-state index contributed by atoms with van der Waals surface area (Å²) in [4.78, 5) is 27.8. The molecule has 150 valence electrons. The molecular weight excluding hydrogens is 350 g/mol. The van der Waals surface area contributed by atoms with Crippen LogP contribution >= 0.6 is 0 Å². The van der Waals surface area contributed by atoms with Crippen molar-refractivity contribution in [3.05, 3.63) is 33.9 Å². The smallest absolute Gasteiger partial charge is 0.293 e. The molecule has 2 rings (SSSR count). The molecule has 0 radical (unpaired) electrons. The Morgan fingerprint density at radius 1 is 1.26 bits per heavy atom. The van der Waals surface area contributed by atoms with Gasteiger partial charge in [0.2, 0.25) is 0 Å². The van der Waals surface area contributed by atoms with Gasteiger partial charge in [0, 0.05) is 58.0 Å². The van der Waals surface area contributed by atoms with Gasteiger partial charge in [-0.1, -0.05) is 0 Å². The second kappa shape index (κ2) is 10.8. The molecular formula is C18H29N5O4. The molecule has 0 spiro atoms. The number of rotatable bonds is 10. The Labute approximate surface area is 159 Å². The van der Waals surface area contributed by atoms with Crippen molar-refractivity contribution >= 4 is 17.3 Å². The zero-order valence-corrected chi connectivity index (χ0v) is 16.1. The van der Waals surface area contributed by atoms with Gasteiger partial charge < -0.3 is 25.2 Å². The fraction of sp³-hybridized carbons (Fsp3) is 0.611. The van der Waals surface area contributed by atoms with Crippen LogP contribution in [0.2, 0.25) is 0 Å². The number of ether oxygens (including phenoxy) is 1. The van der Waals surface area contributed by atoms with Crippen molar-refractivity contribution in [2.75, 3.05) is 71.9 Å². The third-order valence-corrected chi connectivity index (χ3v) is 4.61. The van der Waals surface area contributed by atoms with Crippen molar-refractivity contribution in [1.29, 1.82) is 0 Å². The Hall–Kier alpha value is -2.23. The lowest BCUT2D eigenvalue weighted by Crippen LogP contribution is -2.45. The summed E-state index contributed by atoms with van der Waals surface area (Å²) in [6.07, 6.45) is 0.855. The Balaban J connectivity index is 1.82. The van der Waals surface area contributed by atoms with Crippen LogP contribution in [0.4, 0.5) is 11.4 Å². The molecule has 1 aliphatic rings. The average molecular weight is 379 g/mol. The number of hydrogen-bond donors (Lipinski definition) is 2. The van der Waals surface area contributed by atoms with Gasteiger partial charge in [-0.3, -0.25) is 14.9 Å². The molecule has 0 aromatic heterocycles. The topological polar surface area (TPSA) is 100.0 Å². The quantitative estimate of drug-likeness (QED) is 0.356. The minimum atomic E-state index is -0.487. The third-order valence-electron chi connectivity index (χ3n) is 4.61. The molecule has 0 aliphatic carbocycles. The van der Waals surface area contributed by atoms with E-state index in [-0.39, 0.29) is 11.6 Å². The summed E-state index contributed by atoms with van der Waals surface area (Å²) < 4.78 is 4.93. The standard InChI is InChI=1S/C18H29N5O4/c1-21-9-11-22(12-10-21)8-3-6-20-18(24)15-4-5-16(19-7-13-27-2)17(14-15)23(25)26/h4-5,14,19H,3,6-13H2,1-2H3,(H,20,24). The van der Waals surface area contributed by atoms with Gasteiger partial charge in [0.15, 0.2) is 0 Å². The summed E-state index contributed by atoms with van der Waals surface area (Å²) in [6.45, 7) is 6.62. The van der Waals surface area contributed by atoms with Gasteiger partial charge in [0.1, 0.15) is 5.69 Å². The maximum absolute atomic E-state index is 12.3. The highest BCUT2D eigenvalue weighted by molar-refractivity contribution is 5.95. The van der Waals surface area contributed by atoms with Crippen molar-refractivity contribution in [3.8, 4) is 0 Å². The number of carbonyl (C=O) groups excluding carboxylic acids is 1. The summed E-state index contributed by atoms with van der Waals surface area (Å²) in [5.74, 6) is -0.292. The van der Waals surface area contributed by atoms with Crippen LogP contribution in [0.3, 0.4) is 0 Å². The van der Waals surface area contributed by atoms with Gasteiger partial charge in [-0.25, -0.2) is 0 Å². The highest BCUT2D eigenvalue weighted by Gasteiger charge is 2.17. The number of likely N-dealkylation sites (N-methyl/N-ethyl adjacent to an activating group) is 1. The minimum Gasteiger partial charge on any atom is -0.383 e. The summed E-state index contributed by atoms with van der Waals surface area (Å²) in [5, 5.41) is 17.1. The number of anilines is 1. The third kappa shape index (κ3) is 6.78. The van der Waals surface area contributed by atoms with Gasteiger partial charge in [-0.05, 0) is 32.1 Å². The van der Waals surface area contributed by atoms with Crippen molar-refractivity contribution in [2.45, 2.75) is 6.42 Å². The van der Waals surface area contributed by atoms with Crippen LogP contribution in [-0.4, -0.2) is 87.2 Å². The van der Waals surface area contributed by atoms with Crippen LogP contribution in [0.5, 0.6) is 0 Å². The van der Waals surface area contributed by atoms with Crippen LogP contribution in [0, 0.1) is 10.1 Å². The van der Waals surface area contributed by atoms with Gasteiger partial charge >= 0.3 is 0 Å². The second-order valence-electron chi connectivity index (χ2n) is 6.66. The SMILES string of the molecule is COCCNc1ccc(C(=O)NCCCN2CCN(C)CC2)cc1[N+](=O)[O-]. The van der Waals surface area contributed by atoms with Crippen molar-refractivity contribution in [2.24, 2.45) is 0 Å². The maximum Gasteiger partial charge on any atom is 0.293 e. The Morgan fingerprint density at radius 3 is 2.67 bits per heavy atom. The number of amides is 1. The number of benzene rings is 1. The molecule has 0 atom stereocenters. The zero-order chi connectivity index (χ0) is 19.6. The van der Waals surface area contributed by atoms with E-state index in [1.54, 1.807) is 19.2 Å². The first-order chi connectivity index (χ1) is 13.0. The molecule has 0 unspecified atom stereocenters. The number of hydrogen-bond acceptors (Lipinski definition) is 7. The average Bonchev–Trinajstić information content (AvgIpc) is 2.66. The monoisotopic (exact) mass is 379 g/mol. The van der Waals surface area contributed by atoms with Crippen molar-refractivity contribution in [3.63, 3.8) is 0 Å². The number of nitro benzene ring substituents is 1. The Morgan fingerprint density at radius 2 is 2.00 bits per heavy atom. The van der Waals surface area contributed by atoms with Crippen LogP contribution in [0.1, 0.15) is 16.8 Å². The largest absolute Gasteiger partial charge is 0.383 e. The molecule has 1 heterocycles. The molecule has 9 nitrogen and oxygen atoms in total. The fourth-order valence-electron chi connectivity index (χ4n) is 2.94. The van der Waals surface area contributed by atoms with Gasteiger partial charge in [-0.15, -0.1) is 0 Å². The molecule has 1 aromatic rings. The molecule has 2 N–H and O–H groups in total. The first kappa shape index (κ1) is 21.1. The molecule has 27 heavy (non-hydrogen) atoms. The summed E-state index contributed by atoms with van der Waals surface area (Å²) in [5.41, 5.74) is 0.554. The Bertz CT molecular complexity index is 632. The molecule has 9 heteroatoms. The van der Waals surface area contributed by atoms with Crippen molar-refractivity contribution in [1.82, 2.24) is 15.1 Å². The number of carbonyl (C=O) groups is 1. The molecule has 1 amide bonds. The fourth-order valence-corrected chi connectivity index (χ4v) is 2.94. The maximum atomic E-state index is 12.3. The predicted molar refractivity (Wildman–Crippen MR) is 104 cm³/mol. The Kier molecular flexibility index (Phi) is 8.43. The van der Waals surface area contributed by atoms with E-state index in [0.29, 0.717) is 30.9 Å². The number of nitro groups is 1. The van der Waals surface area contributed by atoms with Crippen molar-refractivity contribution < 1.29 is 14.5 Å². The minimum absolute atomic E-state index is 0.115. The highest BCUT2D eigenvalue weighted by atomic mass is 16.6. The number of piperazine rings is 1. The van der Waals surface area contributed by atoms with Crippen LogP contribution in [0.15, 0.2) is 18.2 Å². The zero-order valence-electron chi connectivity index (χ0n) is 16.1. The second-order valence-corrected chi connectivity index (χ2v) is 6.66. The molecule has 0 bridgehead atoms. The number of nitrogens with one attached hydrogen (secondary N) is 2. The highest BCUT2D eigenvalue weighted by Crippen LogP contribution is 2.25. The predicted octanol–water partition coefficient (Wildman–Crippen LogP) is 1.02. The van der Waals surface area contributed by atoms with E-state index in [1.807, 2.05) is 0 Å². The first-order valence-electron chi connectivity index (χ1n) is 9.21. The molecule has 1 aromatic carbocycles. The van der Waals surface area contributed by atoms with E-state index in [0.717, 1.165) is 39.1 Å². The van der Waals surface area contributed by atoms with Crippen LogP contribution in [0.25, 0.3) is 0 Å². The van der Waals surface area contributed by atoms with E-state index in [2.05, 4.69) is 27.5 Å². The number of nitrogens with zero attached hydrogens (tertiary/aromatic N) is 3. The molecule has 1 aliphatic heterocycles. The van der Waals surface area contributed by atoms with Crippen LogP contribution < -0.4 is 10.6 Å². The lowest BCUT2D eigenvalue weighted by Gasteiger charge is -2.32. The van der Waals surface area contributed by atoms with E-state index in [1.165, 1.54) is 6.07 Å². The van der Waals surface area contributed by atoms with E-state index in [9.17, 15) is 14.9 Å². The summed E-state index contributed by atoms with van der Waals surface area (Å²) in [7, 11) is 3.68. The lowest BCUT2D eigenvalue weighted by atomic mass is 10.1. The summed E-state index contributed by atoms with van der Waals surface area (Å²) in [6, 6.07) is 4.47. The van der Waals surface area contributed by atoms with E-state index in [4.69, 9.17) is 4.74 Å². The molecule has 1 saturated heterocycles. The number of methoxy groups -OCH3 is 1. The van der Waals surface area contributed by atoms with Crippen LogP contribution in [-0.2, 0) is 4.74 Å². The van der Waals surface area contributed by atoms with Gasteiger partial charge in [0.25, 0.3) is 11.6 Å². The summed E-state index contributed by atoms with van der Waals surface area (Å²) >= 11 is 0. The lowest BCUT2D eigenvalue weighted by molar-refractivity contribution is -0.384. The van der Waals surface area contributed by atoms with Gasteiger partial charge in [-0.2, -0.15) is 0 Å². The molecule has 1 fully saturated rings. The normalized spacial score (nSPS) is 15.5. The first-order valence-corrected chi connectivity index (χ1v) is 9.21. The van der Waals surface area contributed by atoms with Gasteiger partial charge in [0.05, 0.1) is 11.5 Å². The van der Waals surface area contributed by atoms with E-state index < -0.39 is 4.92 Å². The van der Waals surface area contributed by atoms with E-state index >= 15 is 0 Å².